The van der Waals surface area contributed by atoms with Crippen molar-refractivity contribution in [2.45, 2.75) is 20.4 Å². The van der Waals surface area contributed by atoms with Crippen molar-refractivity contribution in [3.8, 4) is 11.4 Å². The minimum atomic E-state index is -0.590. The highest BCUT2D eigenvalue weighted by atomic mass is 16.6. The van der Waals surface area contributed by atoms with Gasteiger partial charge in [0.15, 0.2) is 17.2 Å². The smallest absolute Gasteiger partial charge is 0.298 e. The number of carbonyl (C=O) groups is 1. The molecule has 0 saturated carbocycles. The van der Waals surface area contributed by atoms with Gasteiger partial charge in [0.05, 0.1) is 4.92 Å². The highest BCUT2D eigenvalue weighted by molar-refractivity contribution is 5.77. The van der Waals surface area contributed by atoms with Crippen molar-refractivity contribution in [3.63, 3.8) is 0 Å². The van der Waals surface area contributed by atoms with Gasteiger partial charge in [-0.15, -0.1) is 0 Å². The Kier molecular flexibility index (Phi) is 2.88. The van der Waals surface area contributed by atoms with E-state index in [9.17, 15) is 14.9 Å². The zero-order chi connectivity index (χ0) is 13.3. The Labute approximate surface area is 101 Å². The fourth-order valence-corrected chi connectivity index (χ4v) is 1.53. The first-order valence-corrected chi connectivity index (χ1v) is 5.00. The third-order valence-electron chi connectivity index (χ3n) is 2.27. The fourth-order valence-electron chi connectivity index (χ4n) is 1.53. The summed E-state index contributed by atoms with van der Waals surface area (Å²) < 4.78 is 5.73. The van der Waals surface area contributed by atoms with Crippen LogP contribution in [0.25, 0.3) is 11.4 Å². The Balaban J connectivity index is 2.61. The van der Waals surface area contributed by atoms with Crippen molar-refractivity contribution in [1.29, 1.82) is 0 Å². The molecule has 2 rings (SSSR count). The number of hydrogen-bond donors (Lipinski definition) is 0. The number of ketones is 1. The average Bonchev–Trinajstić information content (AvgIpc) is 2.83. The lowest BCUT2D eigenvalue weighted by Gasteiger charge is -2.01. The summed E-state index contributed by atoms with van der Waals surface area (Å²) in [6.07, 6.45) is 1.08. The number of hydrogen-bond acceptors (Lipinski definition) is 7. The van der Waals surface area contributed by atoms with E-state index in [1.165, 1.54) is 11.6 Å². The molecular formula is C9H9N5O4. The topological polar surface area (TPSA) is 117 Å². The maximum Gasteiger partial charge on any atom is 0.316 e. The molecule has 9 heteroatoms. The van der Waals surface area contributed by atoms with Gasteiger partial charge in [-0.3, -0.25) is 14.9 Å². The second-order valence-electron chi connectivity index (χ2n) is 3.69. The van der Waals surface area contributed by atoms with Crippen LogP contribution in [0.5, 0.6) is 0 Å². The van der Waals surface area contributed by atoms with Crippen molar-refractivity contribution in [2.24, 2.45) is 0 Å². The SMILES string of the molecule is CC(=O)Cn1ncc([N+](=O)[O-])c1-c1nonc1C. The molecule has 0 atom stereocenters. The zero-order valence-corrected chi connectivity index (χ0v) is 9.65. The second kappa shape index (κ2) is 4.35. The van der Waals surface area contributed by atoms with Crippen LogP contribution in [0.3, 0.4) is 0 Å². The Hall–Kier alpha value is -2.58. The van der Waals surface area contributed by atoms with E-state index in [2.05, 4.69) is 20.0 Å². The number of rotatable bonds is 4. The summed E-state index contributed by atoms with van der Waals surface area (Å²) in [6.45, 7) is 2.89. The first kappa shape index (κ1) is 11.9. The van der Waals surface area contributed by atoms with Crippen molar-refractivity contribution < 1.29 is 14.3 Å². The van der Waals surface area contributed by atoms with Gasteiger partial charge in [0.25, 0.3) is 0 Å². The molecule has 0 amide bonds. The molecule has 0 fully saturated rings. The molecule has 2 aromatic rings. The average molecular weight is 251 g/mol. The summed E-state index contributed by atoms with van der Waals surface area (Å²) in [7, 11) is 0. The van der Waals surface area contributed by atoms with Crippen molar-refractivity contribution in [2.75, 3.05) is 0 Å². The van der Waals surface area contributed by atoms with E-state index in [1.807, 2.05) is 0 Å². The van der Waals surface area contributed by atoms with Crippen LogP contribution in [0.1, 0.15) is 12.6 Å². The van der Waals surface area contributed by atoms with Gasteiger partial charge in [-0.1, -0.05) is 5.16 Å². The molecule has 94 valence electrons. The first-order chi connectivity index (χ1) is 8.50. The van der Waals surface area contributed by atoms with Gasteiger partial charge >= 0.3 is 5.69 Å². The van der Waals surface area contributed by atoms with E-state index in [1.54, 1.807) is 6.92 Å². The van der Waals surface area contributed by atoms with E-state index in [0.29, 0.717) is 5.69 Å². The Morgan fingerprint density at radius 2 is 2.28 bits per heavy atom. The molecule has 0 saturated heterocycles. The molecule has 0 radical (unpaired) electrons. The summed E-state index contributed by atoms with van der Waals surface area (Å²) in [4.78, 5) is 21.4. The maximum absolute atomic E-state index is 11.1. The van der Waals surface area contributed by atoms with Crippen molar-refractivity contribution >= 4 is 11.5 Å². The molecule has 18 heavy (non-hydrogen) atoms. The summed E-state index contributed by atoms with van der Waals surface area (Å²) in [5, 5.41) is 21.9. The molecule has 0 aliphatic rings. The third kappa shape index (κ3) is 1.97. The highest BCUT2D eigenvalue weighted by Gasteiger charge is 2.27. The van der Waals surface area contributed by atoms with E-state index >= 15 is 0 Å². The van der Waals surface area contributed by atoms with Gasteiger partial charge in [0, 0.05) is 0 Å². The number of Topliss-reactive ketones (excluding diaryl/α,β-unsaturated/α-hetero) is 1. The molecule has 0 bridgehead atoms. The van der Waals surface area contributed by atoms with Crippen LogP contribution in [-0.2, 0) is 11.3 Å². The monoisotopic (exact) mass is 251 g/mol. The molecule has 0 aliphatic heterocycles. The van der Waals surface area contributed by atoms with Gasteiger partial charge in [-0.25, -0.2) is 9.31 Å². The quantitative estimate of drug-likeness (QED) is 0.580. The highest BCUT2D eigenvalue weighted by Crippen LogP contribution is 2.29. The lowest BCUT2D eigenvalue weighted by Crippen LogP contribution is -2.10. The predicted molar refractivity (Wildman–Crippen MR) is 57.6 cm³/mol. The number of carbonyl (C=O) groups excluding carboxylic acids is 1. The number of aryl methyl sites for hydroxylation is 1. The minimum Gasteiger partial charge on any atom is -0.298 e. The van der Waals surface area contributed by atoms with Crippen molar-refractivity contribution in [3.05, 3.63) is 22.0 Å². The normalized spacial score (nSPS) is 10.6. The predicted octanol–water partition coefficient (Wildman–Crippen LogP) is 0.739. The largest absolute Gasteiger partial charge is 0.316 e. The molecule has 2 aromatic heterocycles. The molecule has 0 N–H and O–H groups in total. The molecule has 9 nitrogen and oxygen atoms in total. The van der Waals surface area contributed by atoms with Gasteiger partial charge in [0.2, 0.25) is 0 Å². The van der Waals surface area contributed by atoms with Crippen LogP contribution in [0.4, 0.5) is 5.69 Å². The maximum atomic E-state index is 11.1. The van der Waals surface area contributed by atoms with Crippen LogP contribution in [0, 0.1) is 17.0 Å². The molecule has 2 heterocycles. The lowest BCUT2D eigenvalue weighted by atomic mass is 10.2. The molecule has 0 aliphatic carbocycles. The van der Waals surface area contributed by atoms with Crippen LogP contribution in [0.2, 0.25) is 0 Å². The van der Waals surface area contributed by atoms with Gasteiger partial charge < -0.3 is 0 Å². The fraction of sp³-hybridized carbons (Fsp3) is 0.333. The Bertz CT molecular complexity index is 614. The Morgan fingerprint density at radius 3 is 2.78 bits per heavy atom. The van der Waals surface area contributed by atoms with Crippen LogP contribution in [-0.4, -0.2) is 30.8 Å². The standard InChI is InChI=1S/C9H9N5O4/c1-5(15)4-13-9(7(3-10-13)14(16)17)8-6(2)11-18-12-8/h3H,4H2,1-2H3. The van der Waals surface area contributed by atoms with E-state index in [4.69, 9.17) is 0 Å². The summed E-state index contributed by atoms with van der Waals surface area (Å²) >= 11 is 0. The lowest BCUT2D eigenvalue weighted by molar-refractivity contribution is -0.384. The number of nitro groups is 1. The van der Waals surface area contributed by atoms with E-state index in [-0.39, 0.29) is 29.4 Å². The summed E-state index contributed by atoms with van der Waals surface area (Å²) in [5.41, 5.74) is 0.479. The van der Waals surface area contributed by atoms with Crippen LogP contribution < -0.4 is 0 Å². The minimum absolute atomic E-state index is 0.0739. The van der Waals surface area contributed by atoms with Gasteiger partial charge in [-0.2, -0.15) is 5.10 Å². The van der Waals surface area contributed by atoms with Crippen LogP contribution >= 0.6 is 0 Å². The zero-order valence-electron chi connectivity index (χ0n) is 9.65. The summed E-state index contributed by atoms with van der Waals surface area (Å²) in [5.74, 6) is -0.177. The van der Waals surface area contributed by atoms with Crippen molar-refractivity contribution in [1.82, 2.24) is 20.1 Å². The van der Waals surface area contributed by atoms with Gasteiger partial charge in [-0.05, 0) is 19.0 Å². The first-order valence-electron chi connectivity index (χ1n) is 5.00. The third-order valence-corrected chi connectivity index (χ3v) is 2.27. The van der Waals surface area contributed by atoms with E-state index < -0.39 is 4.92 Å². The molecule has 0 aromatic carbocycles. The number of aromatic nitrogens is 4. The molecule has 0 spiro atoms. The van der Waals surface area contributed by atoms with Gasteiger partial charge in [0.1, 0.15) is 18.4 Å². The van der Waals surface area contributed by atoms with E-state index in [0.717, 1.165) is 6.20 Å². The summed E-state index contributed by atoms with van der Waals surface area (Å²) in [6, 6.07) is 0. The molecule has 0 unspecified atom stereocenters. The molecular weight excluding hydrogens is 242 g/mol. The second-order valence-corrected chi connectivity index (χ2v) is 3.69. The Morgan fingerprint density at radius 1 is 1.56 bits per heavy atom. The van der Waals surface area contributed by atoms with Crippen LogP contribution in [0.15, 0.2) is 10.8 Å². The number of nitrogens with zero attached hydrogens (tertiary/aromatic N) is 5.